The van der Waals surface area contributed by atoms with Crippen LogP contribution in [-0.2, 0) is 17.6 Å². The van der Waals surface area contributed by atoms with Gasteiger partial charge >= 0.3 is 0 Å². The normalized spacial score (nSPS) is 20.0. The summed E-state index contributed by atoms with van der Waals surface area (Å²) in [6.07, 6.45) is 5.86. The topological polar surface area (TPSA) is 49.9 Å². The van der Waals surface area contributed by atoms with Crippen LogP contribution in [0.2, 0.25) is 0 Å². The van der Waals surface area contributed by atoms with E-state index in [1.165, 1.54) is 11.1 Å². The molecule has 0 radical (unpaired) electrons. The van der Waals surface area contributed by atoms with Crippen molar-refractivity contribution < 1.29 is 14.3 Å². The number of nitrogens with zero attached hydrogens (tertiary/aromatic N) is 2. The predicted octanol–water partition coefficient (Wildman–Crippen LogP) is 2.66. The van der Waals surface area contributed by atoms with Crippen molar-refractivity contribution in [2.24, 2.45) is 0 Å². The van der Waals surface area contributed by atoms with E-state index in [0.717, 1.165) is 38.5 Å². The van der Waals surface area contributed by atoms with Crippen molar-refractivity contribution in [2.45, 2.75) is 51.5 Å². The van der Waals surface area contributed by atoms with Crippen LogP contribution in [0, 0.1) is 0 Å². The minimum Gasteiger partial charge on any atom is -0.496 e. The molecule has 0 saturated carbocycles. The number of likely N-dealkylation sites (N-methyl/N-ethyl adjacent to an activating group) is 1. The molecule has 3 rings (SSSR count). The van der Waals surface area contributed by atoms with Crippen LogP contribution >= 0.6 is 0 Å². The average molecular weight is 344 g/mol. The summed E-state index contributed by atoms with van der Waals surface area (Å²) in [5, 5.41) is 0. The molecule has 0 unspecified atom stereocenters. The fourth-order valence-electron chi connectivity index (χ4n) is 3.92. The number of methoxy groups -OCH3 is 1. The molecular weight excluding hydrogens is 316 g/mol. The fourth-order valence-corrected chi connectivity index (χ4v) is 3.92. The van der Waals surface area contributed by atoms with Crippen LogP contribution < -0.4 is 4.74 Å². The van der Waals surface area contributed by atoms with Gasteiger partial charge in [-0.25, -0.2) is 0 Å². The number of carbonyl (C=O) groups excluding carboxylic acids is 2. The molecule has 1 saturated heterocycles. The molecule has 2 aliphatic rings. The zero-order valence-corrected chi connectivity index (χ0v) is 15.5. The number of aryl methyl sites for hydroxylation is 2. The predicted molar refractivity (Wildman–Crippen MR) is 97.0 cm³/mol. The van der Waals surface area contributed by atoms with E-state index in [1.807, 2.05) is 19.2 Å². The minimum absolute atomic E-state index is 0.0492. The molecule has 5 heteroatoms. The van der Waals surface area contributed by atoms with Crippen LogP contribution in [0.25, 0.3) is 0 Å². The van der Waals surface area contributed by atoms with Gasteiger partial charge in [0.05, 0.1) is 12.7 Å². The van der Waals surface area contributed by atoms with Gasteiger partial charge in [-0.1, -0.05) is 19.8 Å². The summed E-state index contributed by atoms with van der Waals surface area (Å²) in [5.74, 6) is 0.605. The van der Waals surface area contributed by atoms with Crippen molar-refractivity contribution in [1.29, 1.82) is 0 Å². The molecule has 5 nitrogen and oxygen atoms in total. The number of benzene rings is 1. The molecule has 1 aromatic carbocycles. The summed E-state index contributed by atoms with van der Waals surface area (Å²) in [6, 6.07) is 3.64. The number of rotatable bonds is 5. The van der Waals surface area contributed by atoms with E-state index < -0.39 is 0 Å². The van der Waals surface area contributed by atoms with Crippen LogP contribution in [0.5, 0.6) is 5.75 Å². The molecule has 1 fully saturated rings. The van der Waals surface area contributed by atoms with Crippen molar-refractivity contribution >= 4 is 11.8 Å². The molecule has 136 valence electrons. The first-order valence-electron chi connectivity index (χ1n) is 9.32. The van der Waals surface area contributed by atoms with Crippen LogP contribution in [-0.4, -0.2) is 54.9 Å². The van der Waals surface area contributed by atoms with E-state index in [2.05, 4.69) is 6.92 Å². The highest BCUT2D eigenvalue weighted by molar-refractivity contribution is 6.00. The number of piperazine rings is 1. The van der Waals surface area contributed by atoms with Crippen molar-refractivity contribution in [2.75, 3.05) is 27.2 Å². The van der Waals surface area contributed by atoms with Gasteiger partial charge in [-0.05, 0) is 48.9 Å². The first-order chi connectivity index (χ1) is 12.1. The molecule has 1 heterocycles. The Morgan fingerprint density at radius 2 is 1.96 bits per heavy atom. The zero-order valence-electron chi connectivity index (χ0n) is 15.5. The zero-order chi connectivity index (χ0) is 18.0. The maximum absolute atomic E-state index is 13.3. The Bertz CT molecular complexity index is 671. The Balaban J connectivity index is 1.91. The van der Waals surface area contributed by atoms with Crippen molar-refractivity contribution in [3.63, 3.8) is 0 Å². The van der Waals surface area contributed by atoms with Crippen LogP contribution in [0.15, 0.2) is 12.1 Å². The SMILES string of the molecule is CCCC[C@H]1C(=O)N(C)CCN1C(=O)c1cc2c(cc1OC)CCC2. The molecule has 0 spiro atoms. The number of carbonyl (C=O) groups is 2. The van der Waals surface area contributed by atoms with Gasteiger partial charge < -0.3 is 14.5 Å². The Kier molecular flexibility index (Phi) is 5.30. The second-order valence-corrected chi connectivity index (χ2v) is 7.09. The third-order valence-electron chi connectivity index (χ3n) is 5.45. The Labute approximate surface area is 149 Å². The molecule has 1 aliphatic carbocycles. The lowest BCUT2D eigenvalue weighted by atomic mass is 10.0. The second-order valence-electron chi connectivity index (χ2n) is 7.09. The lowest BCUT2D eigenvalue weighted by molar-refractivity contribution is -0.138. The molecular formula is C20H28N2O3. The lowest BCUT2D eigenvalue weighted by Gasteiger charge is -2.39. The number of fused-ring (bicyclic) bond motifs is 1. The molecule has 1 atom stereocenters. The maximum Gasteiger partial charge on any atom is 0.258 e. The van der Waals surface area contributed by atoms with Gasteiger partial charge in [0.2, 0.25) is 5.91 Å². The van der Waals surface area contributed by atoms with Gasteiger partial charge in [0.1, 0.15) is 11.8 Å². The monoisotopic (exact) mass is 344 g/mol. The van der Waals surface area contributed by atoms with Gasteiger partial charge in [-0.15, -0.1) is 0 Å². The summed E-state index contributed by atoms with van der Waals surface area (Å²) < 4.78 is 5.50. The minimum atomic E-state index is -0.357. The molecule has 0 N–H and O–H groups in total. The lowest BCUT2D eigenvalue weighted by Crippen LogP contribution is -2.57. The number of ether oxygens (including phenoxy) is 1. The van der Waals surface area contributed by atoms with Crippen LogP contribution in [0.1, 0.15) is 54.1 Å². The average Bonchev–Trinajstić information content (AvgIpc) is 3.08. The Morgan fingerprint density at radius 1 is 1.24 bits per heavy atom. The highest BCUT2D eigenvalue weighted by atomic mass is 16.5. The summed E-state index contributed by atoms with van der Waals surface area (Å²) in [6.45, 7) is 3.27. The van der Waals surface area contributed by atoms with Gasteiger partial charge in [-0.3, -0.25) is 9.59 Å². The first kappa shape index (κ1) is 17.8. The summed E-state index contributed by atoms with van der Waals surface area (Å²) >= 11 is 0. The summed E-state index contributed by atoms with van der Waals surface area (Å²) in [7, 11) is 3.43. The largest absolute Gasteiger partial charge is 0.496 e. The summed E-state index contributed by atoms with van der Waals surface area (Å²) in [4.78, 5) is 29.4. The van der Waals surface area contributed by atoms with Crippen molar-refractivity contribution in [3.05, 3.63) is 28.8 Å². The quantitative estimate of drug-likeness (QED) is 0.825. The van der Waals surface area contributed by atoms with Crippen molar-refractivity contribution in [3.8, 4) is 5.75 Å². The van der Waals surface area contributed by atoms with Crippen LogP contribution in [0.4, 0.5) is 0 Å². The Morgan fingerprint density at radius 3 is 2.64 bits per heavy atom. The summed E-state index contributed by atoms with van der Waals surface area (Å²) in [5.41, 5.74) is 3.13. The Hall–Kier alpha value is -2.04. The maximum atomic E-state index is 13.3. The van der Waals surface area contributed by atoms with E-state index in [9.17, 15) is 9.59 Å². The second kappa shape index (κ2) is 7.46. The standard InChI is InChI=1S/C20H28N2O3/c1-4-5-9-17-20(24)21(2)10-11-22(17)19(23)16-12-14-7-6-8-15(14)13-18(16)25-3/h12-13,17H,4-11H2,1-3H3/t17-/m0/s1. The smallest absolute Gasteiger partial charge is 0.258 e. The number of unbranched alkanes of at least 4 members (excludes halogenated alkanes) is 1. The first-order valence-corrected chi connectivity index (χ1v) is 9.32. The van der Waals surface area contributed by atoms with E-state index >= 15 is 0 Å². The molecule has 1 aliphatic heterocycles. The molecule has 0 bridgehead atoms. The van der Waals surface area contributed by atoms with E-state index in [1.54, 1.807) is 16.9 Å². The molecule has 2 amide bonds. The van der Waals surface area contributed by atoms with Gasteiger partial charge in [-0.2, -0.15) is 0 Å². The highest BCUT2D eigenvalue weighted by Crippen LogP contribution is 2.31. The molecule has 25 heavy (non-hydrogen) atoms. The van der Waals surface area contributed by atoms with E-state index in [4.69, 9.17) is 4.74 Å². The van der Waals surface area contributed by atoms with Gasteiger partial charge in [0.15, 0.2) is 0 Å². The van der Waals surface area contributed by atoms with E-state index in [0.29, 0.717) is 24.4 Å². The third-order valence-corrected chi connectivity index (χ3v) is 5.45. The molecule has 0 aromatic heterocycles. The van der Waals surface area contributed by atoms with E-state index in [-0.39, 0.29) is 17.9 Å². The molecule has 1 aromatic rings. The van der Waals surface area contributed by atoms with Gasteiger partial charge in [0.25, 0.3) is 5.91 Å². The van der Waals surface area contributed by atoms with Gasteiger partial charge in [0, 0.05) is 20.1 Å². The number of hydrogen-bond acceptors (Lipinski definition) is 3. The number of amides is 2. The fraction of sp³-hybridized carbons (Fsp3) is 0.600. The number of hydrogen-bond donors (Lipinski definition) is 0. The third kappa shape index (κ3) is 3.37. The highest BCUT2D eigenvalue weighted by Gasteiger charge is 2.37. The van der Waals surface area contributed by atoms with Crippen LogP contribution in [0.3, 0.4) is 0 Å². The van der Waals surface area contributed by atoms with Crippen molar-refractivity contribution in [1.82, 2.24) is 9.80 Å².